The van der Waals surface area contributed by atoms with Crippen LogP contribution < -0.4 is 11.1 Å². The highest BCUT2D eigenvalue weighted by Crippen LogP contribution is 2.31. The highest BCUT2D eigenvalue weighted by molar-refractivity contribution is 5.92. The Morgan fingerprint density at radius 1 is 1.29 bits per heavy atom. The maximum absolute atomic E-state index is 12.6. The van der Waals surface area contributed by atoms with E-state index in [0.717, 1.165) is 25.0 Å². The number of hydrogen-bond donors (Lipinski definition) is 2. The van der Waals surface area contributed by atoms with Crippen LogP contribution in [0.25, 0.3) is 0 Å². The first-order valence-corrected chi connectivity index (χ1v) is 8.91. The van der Waals surface area contributed by atoms with Gasteiger partial charge in [0, 0.05) is 17.8 Å². The van der Waals surface area contributed by atoms with Gasteiger partial charge in [0.2, 0.25) is 5.95 Å². The van der Waals surface area contributed by atoms with Crippen LogP contribution in [0.1, 0.15) is 62.1 Å². The fourth-order valence-corrected chi connectivity index (χ4v) is 3.48. The molecule has 24 heavy (non-hydrogen) atoms. The summed E-state index contributed by atoms with van der Waals surface area (Å²) < 4.78 is 0. The molecule has 1 aromatic rings. The smallest absolute Gasteiger partial charge is 0.270 e. The summed E-state index contributed by atoms with van der Waals surface area (Å²) in [6.07, 6.45) is 6.73. The molecule has 6 nitrogen and oxygen atoms in total. The molecule has 1 aliphatic rings. The summed E-state index contributed by atoms with van der Waals surface area (Å²) in [6.45, 7) is 4.87. The first kappa shape index (κ1) is 18.6. The molecule has 1 saturated carbocycles. The lowest BCUT2D eigenvalue weighted by atomic mass is 9.80. The van der Waals surface area contributed by atoms with E-state index >= 15 is 0 Å². The predicted molar refractivity (Wildman–Crippen MR) is 96.8 cm³/mol. The number of nitrogens with one attached hydrogen (secondary N) is 1. The van der Waals surface area contributed by atoms with Crippen LogP contribution in [-0.2, 0) is 6.42 Å². The van der Waals surface area contributed by atoms with Gasteiger partial charge < -0.3 is 16.0 Å². The van der Waals surface area contributed by atoms with Gasteiger partial charge in [0.15, 0.2) is 0 Å². The molecule has 0 unspecified atom stereocenters. The molecule has 0 aliphatic heterocycles. The van der Waals surface area contributed by atoms with Gasteiger partial charge in [0.1, 0.15) is 5.69 Å². The number of nitrogens with two attached hydrogens (primary N) is 1. The van der Waals surface area contributed by atoms with Crippen LogP contribution in [0.3, 0.4) is 0 Å². The Morgan fingerprint density at radius 3 is 2.54 bits per heavy atom. The molecule has 6 heteroatoms. The van der Waals surface area contributed by atoms with Crippen LogP contribution >= 0.6 is 0 Å². The number of amides is 1. The van der Waals surface area contributed by atoms with Crippen LogP contribution in [0.2, 0.25) is 0 Å². The predicted octanol–water partition coefficient (Wildman–Crippen LogP) is 2.25. The maximum Gasteiger partial charge on any atom is 0.270 e. The molecule has 0 radical (unpaired) electrons. The van der Waals surface area contributed by atoms with E-state index in [1.165, 1.54) is 19.3 Å². The Morgan fingerprint density at radius 2 is 1.96 bits per heavy atom. The zero-order valence-electron chi connectivity index (χ0n) is 15.4. The largest absolute Gasteiger partial charge is 0.368 e. The summed E-state index contributed by atoms with van der Waals surface area (Å²) >= 11 is 0. The minimum absolute atomic E-state index is 0.0489. The van der Waals surface area contributed by atoms with E-state index in [1.54, 1.807) is 6.07 Å². The molecule has 3 N–H and O–H groups in total. The van der Waals surface area contributed by atoms with E-state index in [9.17, 15) is 4.79 Å². The average Bonchev–Trinajstić information content (AvgIpc) is 2.52. The molecule has 1 aromatic heterocycles. The monoisotopic (exact) mass is 333 g/mol. The number of anilines is 1. The zero-order valence-corrected chi connectivity index (χ0v) is 15.4. The van der Waals surface area contributed by atoms with E-state index < -0.39 is 0 Å². The fourth-order valence-electron chi connectivity index (χ4n) is 3.48. The van der Waals surface area contributed by atoms with Crippen molar-refractivity contribution >= 4 is 11.9 Å². The highest BCUT2D eigenvalue weighted by atomic mass is 16.1. The van der Waals surface area contributed by atoms with Gasteiger partial charge in [0.05, 0.1) is 0 Å². The summed E-state index contributed by atoms with van der Waals surface area (Å²) in [4.78, 5) is 23.2. The number of carbonyl (C=O) groups is 1. The Bertz CT molecular complexity index is 565. The molecule has 0 saturated heterocycles. The van der Waals surface area contributed by atoms with Crippen molar-refractivity contribution in [3.05, 3.63) is 17.5 Å². The number of hydrogen-bond acceptors (Lipinski definition) is 5. The second-order valence-corrected chi connectivity index (χ2v) is 7.56. The number of carbonyl (C=O) groups excluding carboxylic acids is 1. The van der Waals surface area contributed by atoms with E-state index in [-0.39, 0.29) is 17.4 Å². The Balaban J connectivity index is 2.07. The van der Waals surface area contributed by atoms with Crippen LogP contribution in [0.4, 0.5) is 5.95 Å². The summed E-state index contributed by atoms with van der Waals surface area (Å²) in [5, 5.41) is 3.07. The second kappa shape index (κ2) is 7.92. The third kappa shape index (κ3) is 4.66. The van der Waals surface area contributed by atoms with Gasteiger partial charge in [-0.25, -0.2) is 9.97 Å². The summed E-state index contributed by atoms with van der Waals surface area (Å²) in [5.41, 5.74) is 7.01. The van der Waals surface area contributed by atoms with Crippen molar-refractivity contribution in [2.75, 3.05) is 26.4 Å². The molecule has 1 heterocycles. The quantitative estimate of drug-likeness (QED) is 0.834. The van der Waals surface area contributed by atoms with Crippen molar-refractivity contribution in [2.24, 2.45) is 5.92 Å². The van der Waals surface area contributed by atoms with Gasteiger partial charge in [0.25, 0.3) is 5.91 Å². The first-order valence-electron chi connectivity index (χ1n) is 8.91. The minimum atomic E-state index is -0.166. The van der Waals surface area contributed by atoms with E-state index in [0.29, 0.717) is 18.2 Å². The van der Waals surface area contributed by atoms with Gasteiger partial charge in [-0.15, -0.1) is 0 Å². The average molecular weight is 333 g/mol. The van der Waals surface area contributed by atoms with E-state index in [2.05, 4.69) is 48.1 Å². The van der Waals surface area contributed by atoms with Gasteiger partial charge >= 0.3 is 0 Å². The molecule has 1 amide bonds. The second-order valence-electron chi connectivity index (χ2n) is 7.56. The minimum Gasteiger partial charge on any atom is -0.368 e. The molecule has 0 aromatic carbocycles. The van der Waals surface area contributed by atoms with E-state index in [1.807, 2.05) is 0 Å². The van der Waals surface area contributed by atoms with Gasteiger partial charge in [-0.2, -0.15) is 0 Å². The molecule has 0 spiro atoms. The Labute approximate surface area is 145 Å². The molecule has 1 aliphatic carbocycles. The topological polar surface area (TPSA) is 84.1 Å². The first-order chi connectivity index (χ1) is 11.3. The molecular weight excluding hydrogens is 302 g/mol. The number of nitrogens with zero attached hydrogens (tertiary/aromatic N) is 3. The van der Waals surface area contributed by atoms with Crippen molar-refractivity contribution in [3.63, 3.8) is 0 Å². The SMILES string of the molecule is CC(C)Cc1cc(C(=O)NCC2(N(C)C)CCCCC2)nc(N)n1. The van der Waals surface area contributed by atoms with Crippen molar-refractivity contribution in [3.8, 4) is 0 Å². The Kier molecular flexibility index (Phi) is 6.15. The highest BCUT2D eigenvalue weighted by Gasteiger charge is 2.34. The summed E-state index contributed by atoms with van der Waals surface area (Å²) in [6, 6.07) is 1.76. The van der Waals surface area contributed by atoms with Gasteiger partial charge in [-0.3, -0.25) is 4.79 Å². The Hall–Kier alpha value is -1.69. The molecule has 2 rings (SSSR count). The molecule has 134 valence electrons. The lowest BCUT2D eigenvalue weighted by molar-refractivity contribution is 0.0796. The third-order valence-corrected chi connectivity index (χ3v) is 4.96. The number of rotatable bonds is 6. The van der Waals surface area contributed by atoms with Crippen LogP contribution in [0.5, 0.6) is 0 Å². The van der Waals surface area contributed by atoms with Crippen molar-refractivity contribution in [2.45, 2.75) is 57.9 Å². The van der Waals surface area contributed by atoms with E-state index in [4.69, 9.17) is 5.73 Å². The normalized spacial score (nSPS) is 17.2. The third-order valence-electron chi connectivity index (χ3n) is 4.96. The van der Waals surface area contributed by atoms with Gasteiger partial charge in [-0.1, -0.05) is 33.1 Å². The summed E-state index contributed by atoms with van der Waals surface area (Å²) in [7, 11) is 4.20. The molecule has 1 fully saturated rings. The molecular formula is C18H31N5O. The number of aromatic nitrogens is 2. The standard InChI is InChI=1S/C18H31N5O/c1-13(2)10-14-11-15(22-17(19)21-14)16(24)20-12-18(23(3)4)8-6-5-7-9-18/h11,13H,5-10,12H2,1-4H3,(H,20,24)(H2,19,21,22). The lowest BCUT2D eigenvalue weighted by Crippen LogP contribution is -2.53. The van der Waals surface area contributed by atoms with Crippen LogP contribution in [0, 0.1) is 5.92 Å². The van der Waals surface area contributed by atoms with Crippen molar-refractivity contribution in [1.29, 1.82) is 0 Å². The van der Waals surface area contributed by atoms with Crippen molar-refractivity contribution in [1.82, 2.24) is 20.2 Å². The lowest BCUT2D eigenvalue weighted by Gasteiger charge is -2.43. The number of nitrogen functional groups attached to an aromatic ring is 1. The van der Waals surface area contributed by atoms with Crippen LogP contribution in [0.15, 0.2) is 6.07 Å². The molecule has 0 bridgehead atoms. The molecule has 0 atom stereocenters. The fraction of sp³-hybridized carbons (Fsp3) is 0.722. The van der Waals surface area contributed by atoms with Crippen molar-refractivity contribution < 1.29 is 4.79 Å². The van der Waals surface area contributed by atoms with Gasteiger partial charge in [-0.05, 0) is 45.3 Å². The van der Waals surface area contributed by atoms with Crippen LogP contribution in [-0.4, -0.2) is 47.0 Å². The maximum atomic E-state index is 12.6. The number of likely N-dealkylation sites (N-methyl/N-ethyl adjacent to an activating group) is 1. The summed E-state index contributed by atoms with van der Waals surface area (Å²) in [5.74, 6) is 0.452. The zero-order chi connectivity index (χ0) is 17.7.